The summed E-state index contributed by atoms with van der Waals surface area (Å²) in [6.45, 7) is 2.23. The van der Waals surface area contributed by atoms with Crippen molar-refractivity contribution >= 4 is 11.6 Å². The van der Waals surface area contributed by atoms with Crippen LogP contribution in [0.1, 0.15) is 44.6 Å². The zero-order valence-electron chi connectivity index (χ0n) is 11.5. The molecule has 3 heteroatoms. The zero-order valence-corrected chi connectivity index (χ0v) is 12.3. The molecule has 0 saturated heterocycles. The molecule has 2 rings (SSSR count). The molecule has 0 heterocycles. The van der Waals surface area contributed by atoms with Gasteiger partial charge in [0, 0.05) is 11.1 Å². The quantitative estimate of drug-likeness (QED) is 0.861. The van der Waals surface area contributed by atoms with Crippen LogP contribution in [0.15, 0.2) is 18.2 Å². The molecule has 0 bridgehead atoms. The summed E-state index contributed by atoms with van der Waals surface area (Å²) in [7, 11) is 0. The number of rotatable bonds is 4. The summed E-state index contributed by atoms with van der Waals surface area (Å²) in [4.78, 5) is 0. The number of hydrogen-bond donors (Lipinski definition) is 1. The van der Waals surface area contributed by atoms with Gasteiger partial charge in [-0.3, -0.25) is 0 Å². The highest BCUT2D eigenvalue weighted by molar-refractivity contribution is 6.31. The molecule has 0 spiro atoms. The second-order valence-corrected chi connectivity index (χ2v) is 6.24. The maximum absolute atomic E-state index is 13.3. The van der Waals surface area contributed by atoms with Crippen LogP contribution in [-0.4, -0.2) is 6.04 Å². The summed E-state index contributed by atoms with van der Waals surface area (Å²) < 4.78 is 13.3. The lowest BCUT2D eigenvalue weighted by molar-refractivity contribution is 0.221. The second-order valence-electron chi connectivity index (χ2n) is 5.83. The van der Waals surface area contributed by atoms with Gasteiger partial charge < -0.3 is 5.73 Å². The number of halogens is 2. The van der Waals surface area contributed by atoms with E-state index >= 15 is 0 Å². The fraction of sp³-hybridized carbons (Fsp3) is 0.625. The maximum atomic E-state index is 13.3. The van der Waals surface area contributed by atoms with Gasteiger partial charge in [-0.2, -0.15) is 0 Å². The Hall–Kier alpha value is -0.600. The van der Waals surface area contributed by atoms with Crippen LogP contribution in [0.25, 0.3) is 0 Å². The standard InChI is InChI=1S/C16H23ClFN/c1-2-3-11-4-7-16(19)13(8-11)9-12-10-14(18)5-6-15(12)17/h5-6,10-11,13,16H,2-4,7-9,19H2,1H3. The fourth-order valence-corrected chi connectivity index (χ4v) is 3.47. The molecule has 1 aliphatic rings. The highest BCUT2D eigenvalue weighted by Gasteiger charge is 2.28. The lowest BCUT2D eigenvalue weighted by atomic mass is 9.74. The van der Waals surface area contributed by atoms with Crippen molar-refractivity contribution in [1.29, 1.82) is 0 Å². The topological polar surface area (TPSA) is 26.0 Å². The molecule has 0 aromatic heterocycles. The Morgan fingerprint density at radius 1 is 1.37 bits per heavy atom. The van der Waals surface area contributed by atoms with E-state index in [9.17, 15) is 4.39 Å². The van der Waals surface area contributed by atoms with Crippen molar-refractivity contribution in [2.24, 2.45) is 17.6 Å². The van der Waals surface area contributed by atoms with Gasteiger partial charge in [0.05, 0.1) is 0 Å². The van der Waals surface area contributed by atoms with Crippen molar-refractivity contribution < 1.29 is 4.39 Å². The second kappa shape index (κ2) is 6.71. The van der Waals surface area contributed by atoms with Crippen molar-refractivity contribution in [3.05, 3.63) is 34.6 Å². The Labute approximate surface area is 120 Å². The maximum Gasteiger partial charge on any atom is 0.123 e. The minimum absolute atomic E-state index is 0.214. The van der Waals surface area contributed by atoms with Crippen LogP contribution in [-0.2, 0) is 6.42 Å². The normalized spacial score (nSPS) is 27.5. The molecule has 1 saturated carbocycles. The number of benzene rings is 1. The van der Waals surface area contributed by atoms with Crippen LogP contribution < -0.4 is 5.73 Å². The van der Waals surface area contributed by atoms with E-state index in [0.717, 1.165) is 30.7 Å². The Balaban J connectivity index is 2.05. The van der Waals surface area contributed by atoms with E-state index in [2.05, 4.69) is 6.92 Å². The van der Waals surface area contributed by atoms with E-state index in [1.54, 1.807) is 12.1 Å². The average molecular weight is 284 g/mol. The van der Waals surface area contributed by atoms with Gasteiger partial charge in [-0.25, -0.2) is 4.39 Å². The SMILES string of the molecule is CCCC1CCC(N)C(Cc2cc(F)ccc2Cl)C1. The highest BCUT2D eigenvalue weighted by atomic mass is 35.5. The van der Waals surface area contributed by atoms with Crippen molar-refractivity contribution in [3.63, 3.8) is 0 Å². The average Bonchev–Trinajstić information content (AvgIpc) is 2.38. The van der Waals surface area contributed by atoms with Gasteiger partial charge in [-0.1, -0.05) is 31.4 Å². The molecule has 1 aromatic carbocycles. The first-order chi connectivity index (χ1) is 9.10. The van der Waals surface area contributed by atoms with Crippen LogP contribution in [0.3, 0.4) is 0 Å². The zero-order chi connectivity index (χ0) is 13.8. The molecular weight excluding hydrogens is 261 g/mol. The Bertz CT molecular complexity index is 421. The third-order valence-corrected chi connectivity index (χ3v) is 4.71. The van der Waals surface area contributed by atoms with Crippen LogP contribution in [0.5, 0.6) is 0 Å². The van der Waals surface area contributed by atoms with Crippen molar-refractivity contribution in [2.45, 2.75) is 51.5 Å². The first-order valence-corrected chi connectivity index (χ1v) is 7.67. The number of nitrogens with two attached hydrogens (primary N) is 1. The molecule has 3 unspecified atom stereocenters. The van der Waals surface area contributed by atoms with E-state index < -0.39 is 0 Å². The molecule has 1 aliphatic carbocycles. The molecule has 0 amide bonds. The summed E-state index contributed by atoms with van der Waals surface area (Å²) in [6, 6.07) is 4.84. The Morgan fingerprint density at radius 3 is 2.89 bits per heavy atom. The predicted molar refractivity (Wildman–Crippen MR) is 78.8 cm³/mol. The fourth-order valence-electron chi connectivity index (χ4n) is 3.27. The monoisotopic (exact) mass is 283 g/mol. The first-order valence-electron chi connectivity index (χ1n) is 7.29. The summed E-state index contributed by atoms with van der Waals surface area (Å²) >= 11 is 6.15. The van der Waals surface area contributed by atoms with Crippen LogP contribution in [0.4, 0.5) is 4.39 Å². The summed E-state index contributed by atoms with van der Waals surface area (Å²) in [5, 5.41) is 0.659. The summed E-state index contributed by atoms with van der Waals surface area (Å²) in [6.07, 6.45) is 6.79. The minimum atomic E-state index is -0.214. The Morgan fingerprint density at radius 2 is 2.16 bits per heavy atom. The molecule has 19 heavy (non-hydrogen) atoms. The molecule has 106 valence electrons. The predicted octanol–water partition coefficient (Wildman–Crippen LogP) is 4.57. The van der Waals surface area contributed by atoms with E-state index in [1.165, 1.54) is 25.3 Å². The lowest BCUT2D eigenvalue weighted by Gasteiger charge is -2.34. The van der Waals surface area contributed by atoms with Crippen LogP contribution >= 0.6 is 11.6 Å². The van der Waals surface area contributed by atoms with E-state index in [4.69, 9.17) is 17.3 Å². The van der Waals surface area contributed by atoms with Gasteiger partial charge >= 0.3 is 0 Å². The van der Waals surface area contributed by atoms with Crippen molar-refractivity contribution in [2.75, 3.05) is 0 Å². The summed E-state index contributed by atoms with van der Waals surface area (Å²) in [5.74, 6) is 1.00. The van der Waals surface area contributed by atoms with Gasteiger partial charge in [-0.15, -0.1) is 0 Å². The molecule has 2 N–H and O–H groups in total. The van der Waals surface area contributed by atoms with Crippen LogP contribution in [0.2, 0.25) is 5.02 Å². The molecule has 1 nitrogen and oxygen atoms in total. The molecule has 0 aliphatic heterocycles. The smallest absolute Gasteiger partial charge is 0.123 e. The summed E-state index contributed by atoms with van der Waals surface area (Å²) in [5.41, 5.74) is 7.14. The third kappa shape index (κ3) is 3.93. The molecule has 1 aromatic rings. The molecule has 0 radical (unpaired) electrons. The van der Waals surface area contributed by atoms with Gasteiger partial charge in [0.2, 0.25) is 0 Å². The third-order valence-electron chi connectivity index (χ3n) is 4.34. The van der Waals surface area contributed by atoms with E-state index in [0.29, 0.717) is 10.9 Å². The molecular formula is C16H23ClFN. The lowest BCUT2D eigenvalue weighted by Crippen LogP contribution is -2.37. The number of hydrogen-bond acceptors (Lipinski definition) is 1. The van der Waals surface area contributed by atoms with Crippen molar-refractivity contribution in [1.82, 2.24) is 0 Å². The van der Waals surface area contributed by atoms with Gasteiger partial charge in [0.1, 0.15) is 5.82 Å². The van der Waals surface area contributed by atoms with Gasteiger partial charge in [0.15, 0.2) is 0 Å². The highest BCUT2D eigenvalue weighted by Crippen LogP contribution is 2.34. The molecule has 3 atom stereocenters. The van der Waals surface area contributed by atoms with E-state index in [-0.39, 0.29) is 11.9 Å². The largest absolute Gasteiger partial charge is 0.327 e. The van der Waals surface area contributed by atoms with Gasteiger partial charge in [-0.05, 0) is 61.3 Å². The Kier molecular flexibility index (Phi) is 5.23. The van der Waals surface area contributed by atoms with Gasteiger partial charge in [0.25, 0.3) is 0 Å². The first kappa shape index (κ1) is 14.8. The molecule has 1 fully saturated rings. The minimum Gasteiger partial charge on any atom is -0.327 e. The van der Waals surface area contributed by atoms with Crippen LogP contribution in [0, 0.1) is 17.7 Å². The van der Waals surface area contributed by atoms with Crippen molar-refractivity contribution in [3.8, 4) is 0 Å². The van der Waals surface area contributed by atoms with E-state index in [1.807, 2.05) is 0 Å².